The van der Waals surface area contributed by atoms with E-state index in [-0.39, 0.29) is 18.0 Å². The van der Waals surface area contributed by atoms with Crippen molar-refractivity contribution < 1.29 is 13.9 Å². The molecule has 0 unspecified atom stereocenters. The maximum atomic E-state index is 13.3. The molecule has 1 fully saturated rings. The highest BCUT2D eigenvalue weighted by Gasteiger charge is 2.33. The van der Waals surface area contributed by atoms with Crippen molar-refractivity contribution in [2.45, 2.75) is 45.3 Å². The van der Waals surface area contributed by atoms with E-state index >= 15 is 0 Å². The van der Waals surface area contributed by atoms with Crippen LogP contribution in [0.3, 0.4) is 0 Å². The van der Waals surface area contributed by atoms with Gasteiger partial charge < -0.3 is 9.64 Å². The monoisotopic (exact) mass is 265 g/mol. The molecule has 1 aliphatic rings. The molecule has 4 heteroatoms. The van der Waals surface area contributed by atoms with E-state index in [4.69, 9.17) is 4.74 Å². The molecule has 19 heavy (non-hydrogen) atoms. The number of benzene rings is 1. The maximum absolute atomic E-state index is 13.3. The first-order chi connectivity index (χ1) is 8.87. The van der Waals surface area contributed by atoms with Crippen molar-refractivity contribution >= 4 is 6.09 Å². The Balaban J connectivity index is 2.15. The molecule has 1 amide bonds. The van der Waals surface area contributed by atoms with Gasteiger partial charge in [-0.05, 0) is 51.3 Å². The minimum atomic E-state index is -0.508. The van der Waals surface area contributed by atoms with Gasteiger partial charge in [-0.1, -0.05) is 12.1 Å². The van der Waals surface area contributed by atoms with Gasteiger partial charge in [0, 0.05) is 6.54 Å². The molecule has 0 radical (unpaired) electrons. The van der Waals surface area contributed by atoms with E-state index in [9.17, 15) is 9.18 Å². The summed E-state index contributed by atoms with van der Waals surface area (Å²) < 4.78 is 18.7. The minimum Gasteiger partial charge on any atom is -0.444 e. The Bertz CT molecular complexity index is 467. The molecule has 1 aliphatic heterocycles. The molecule has 1 aromatic carbocycles. The summed E-state index contributed by atoms with van der Waals surface area (Å²) in [6.45, 7) is 6.20. The molecule has 1 aromatic rings. The van der Waals surface area contributed by atoms with Gasteiger partial charge in [-0.25, -0.2) is 9.18 Å². The lowest BCUT2D eigenvalue weighted by Crippen LogP contribution is -2.36. The molecular formula is C15H20FNO2. The summed E-state index contributed by atoms with van der Waals surface area (Å²) in [7, 11) is 0. The first-order valence-corrected chi connectivity index (χ1v) is 6.62. The number of amides is 1. The Labute approximate surface area is 113 Å². The predicted octanol–water partition coefficient (Wildman–Crippen LogP) is 3.90. The zero-order chi connectivity index (χ0) is 14.0. The van der Waals surface area contributed by atoms with Gasteiger partial charge in [0.15, 0.2) is 0 Å². The van der Waals surface area contributed by atoms with Gasteiger partial charge in [-0.3, -0.25) is 0 Å². The summed E-state index contributed by atoms with van der Waals surface area (Å²) in [5.74, 6) is -0.270. The van der Waals surface area contributed by atoms with E-state index in [0.29, 0.717) is 6.54 Å². The second-order valence-electron chi connectivity index (χ2n) is 5.89. The van der Waals surface area contributed by atoms with Crippen LogP contribution in [0, 0.1) is 5.82 Å². The van der Waals surface area contributed by atoms with Crippen LogP contribution in [0.25, 0.3) is 0 Å². The molecule has 1 atom stereocenters. The van der Waals surface area contributed by atoms with Crippen LogP contribution in [0.5, 0.6) is 0 Å². The standard InChI is InChI=1S/C15H20FNO2/c1-15(2,3)19-14(18)17-9-5-8-13(17)11-6-4-7-12(16)10-11/h4,6-7,10,13H,5,8-9H2,1-3H3/t13-/m0/s1. The van der Waals surface area contributed by atoms with Gasteiger partial charge in [-0.2, -0.15) is 0 Å². The van der Waals surface area contributed by atoms with Crippen molar-refractivity contribution in [2.75, 3.05) is 6.54 Å². The molecule has 104 valence electrons. The minimum absolute atomic E-state index is 0.0782. The molecular weight excluding hydrogens is 245 g/mol. The Morgan fingerprint density at radius 2 is 2.16 bits per heavy atom. The predicted molar refractivity (Wildman–Crippen MR) is 71.3 cm³/mol. The normalized spacial score (nSPS) is 19.6. The van der Waals surface area contributed by atoms with Crippen LogP contribution in [-0.2, 0) is 4.74 Å². The maximum Gasteiger partial charge on any atom is 0.410 e. The summed E-state index contributed by atoms with van der Waals surface area (Å²) in [4.78, 5) is 13.8. The Kier molecular flexibility index (Phi) is 3.78. The van der Waals surface area contributed by atoms with Crippen LogP contribution < -0.4 is 0 Å². The zero-order valence-electron chi connectivity index (χ0n) is 11.6. The third-order valence-electron chi connectivity index (χ3n) is 3.11. The van der Waals surface area contributed by atoms with E-state index in [1.54, 1.807) is 11.0 Å². The lowest BCUT2D eigenvalue weighted by molar-refractivity contribution is 0.0224. The molecule has 0 aliphatic carbocycles. The number of carbonyl (C=O) groups excluding carboxylic acids is 1. The van der Waals surface area contributed by atoms with Crippen molar-refractivity contribution in [2.24, 2.45) is 0 Å². The fraction of sp³-hybridized carbons (Fsp3) is 0.533. The fourth-order valence-corrected chi connectivity index (χ4v) is 2.37. The van der Waals surface area contributed by atoms with Crippen LogP contribution in [0.4, 0.5) is 9.18 Å². The van der Waals surface area contributed by atoms with Gasteiger partial charge in [0.1, 0.15) is 11.4 Å². The van der Waals surface area contributed by atoms with E-state index in [1.165, 1.54) is 12.1 Å². The average Bonchev–Trinajstić information content (AvgIpc) is 2.75. The van der Waals surface area contributed by atoms with Crippen molar-refractivity contribution in [3.05, 3.63) is 35.6 Å². The van der Waals surface area contributed by atoms with E-state index in [1.807, 2.05) is 26.8 Å². The third kappa shape index (κ3) is 3.46. The highest BCUT2D eigenvalue weighted by Crippen LogP contribution is 2.33. The van der Waals surface area contributed by atoms with Crippen LogP contribution in [0.15, 0.2) is 24.3 Å². The average molecular weight is 265 g/mol. The van der Waals surface area contributed by atoms with Gasteiger partial charge in [0.05, 0.1) is 6.04 Å². The number of likely N-dealkylation sites (tertiary alicyclic amines) is 1. The van der Waals surface area contributed by atoms with Crippen molar-refractivity contribution in [3.8, 4) is 0 Å². The van der Waals surface area contributed by atoms with E-state index < -0.39 is 5.60 Å². The van der Waals surface area contributed by atoms with Gasteiger partial charge in [-0.15, -0.1) is 0 Å². The second-order valence-corrected chi connectivity index (χ2v) is 5.89. The van der Waals surface area contributed by atoms with Crippen LogP contribution in [-0.4, -0.2) is 23.1 Å². The van der Waals surface area contributed by atoms with E-state index in [2.05, 4.69) is 0 Å². The Morgan fingerprint density at radius 1 is 1.42 bits per heavy atom. The topological polar surface area (TPSA) is 29.5 Å². The molecule has 2 rings (SSSR count). The molecule has 0 spiro atoms. The first-order valence-electron chi connectivity index (χ1n) is 6.62. The van der Waals surface area contributed by atoms with Crippen LogP contribution in [0.1, 0.15) is 45.2 Å². The Hall–Kier alpha value is -1.58. The van der Waals surface area contributed by atoms with Gasteiger partial charge >= 0.3 is 6.09 Å². The number of nitrogens with zero attached hydrogens (tertiary/aromatic N) is 1. The van der Waals surface area contributed by atoms with Gasteiger partial charge in [0.25, 0.3) is 0 Å². The first kappa shape index (κ1) is 13.8. The molecule has 0 N–H and O–H groups in total. The van der Waals surface area contributed by atoms with Crippen molar-refractivity contribution in [1.82, 2.24) is 4.90 Å². The SMILES string of the molecule is CC(C)(C)OC(=O)N1CCC[C@H]1c1cccc(F)c1. The third-order valence-corrected chi connectivity index (χ3v) is 3.11. The number of rotatable bonds is 1. The van der Waals surface area contributed by atoms with Crippen molar-refractivity contribution in [1.29, 1.82) is 0 Å². The quantitative estimate of drug-likeness (QED) is 0.770. The highest BCUT2D eigenvalue weighted by atomic mass is 19.1. The molecule has 0 aromatic heterocycles. The number of carbonyl (C=O) groups is 1. The molecule has 1 saturated heterocycles. The van der Waals surface area contributed by atoms with E-state index in [0.717, 1.165) is 18.4 Å². The summed E-state index contributed by atoms with van der Waals surface area (Å²) in [5, 5.41) is 0. The molecule has 0 bridgehead atoms. The molecule has 0 saturated carbocycles. The lowest BCUT2D eigenvalue weighted by atomic mass is 10.0. The Morgan fingerprint density at radius 3 is 2.79 bits per heavy atom. The zero-order valence-corrected chi connectivity index (χ0v) is 11.6. The van der Waals surface area contributed by atoms with Crippen molar-refractivity contribution in [3.63, 3.8) is 0 Å². The smallest absolute Gasteiger partial charge is 0.410 e. The van der Waals surface area contributed by atoms with Crippen LogP contribution in [0.2, 0.25) is 0 Å². The molecule has 3 nitrogen and oxygen atoms in total. The number of hydrogen-bond acceptors (Lipinski definition) is 2. The summed E-state index contributed by atoms with van der Waals surface area (Å²) in [6, 6.07) is 6.36. The highest BCUT2D eigenvalue weighted by molar-refractivity contribution is 5.69. The lowest BCUT2D eigenvalue weighted by Gasteiger charge is -2.28. The van der Waals surface area contributed by atoms with Crippen LogP contribution >= 0.6 is 0 Å². The fourth-order valence-electron chi connectivity index (χ4n) is 2.37. The number of ether oxygens (including phenoxy) is 1. The summed E-state index contributed by atoms with van der Waals surface area (Å²) >= 11 is 0. The van der Waals surface area contributed by atoms with Gasteiger partial charge in [0.2, 0.25) is 0 Å². The molecule has 1 heterocycles. The summed E-state index contributed by atoms with van der Waals surface area (Å²) in [6.07, 6.45) is 1.45. The summed E-state index contributed by atoms with van der Waals surface area (Å²) in [5.41, 5.74) is 0.329. The second kappa shape index (κ2) is 5.19. The number of halogens is 1. The largest absolute Gasteiger partial charge is 0.444 e. The number of hydrogen-bond donors (Lipinski definition) is 0.